The number of nitrogens with one attached hydrogen (secondary N) is 1. The van der Waals surface area contributed by atoms with Crippen LogP contribution in [0.5, 0.6) is 0 Å². The van der Waals surface area contributed by atoms with Gasteiger partial charge in [0.15, 0.2) is 0 Å². The Balaban J connectivity index is 2.36. The van der Waals surface area contributed by atoms with Crippen LogP contribution < -0.4 is 11.1 Å². The maximum atomic E-state index is 12.2. The standard InChI is InChI=1S/C16H24ClN3O/c1-11(18)15(12-7-3-4-8-13(12)17)20-10-6-5-9-14(20)16(21)19-2/h3-4,7-8,11,14-15H,5-6,9-10,18H2,1-2H3,(H,19,21). The van der Waals surface area contributed by atoms with Crippen LogP contribution in [-0.4, -0.2) is 36.5 Å². The van der Waals surface area contributed by atoms with E-state index in [1.807, 2.05) is 31.2 Å². The van der Waals surface area contributed by atoms with E-state index < -0.39 is 0 Å². The van der Waals surface area contributed by atoms with Gasteiger partial charge in [-0.2, -0.15) is 0 Å². The lowest BCUT2D eigenvalue weighted by Crippen LogP contribution is -2.53. The third kappa shape index (κ3) is 3.57. The number of piperidine rings is 1. The van der Waals surface area contributed by atoms with Crippen molar-refractivity contribution in [3.05, 3.63) is 34.9 Å². The molecule has 1 aromatic rings. The molecule has 1 aromatic carbocycles. The first-order valence-corrected chi connectivity index (χ1v) is 7.91. The Bertz CT molecular complexity index is 492. The number of carbonyl (C=O) groups is 1. The van der Waals surface area contributed by atoms with Crippen LogP contribution in [0.3, 0.4) is 0 Å². The zero-order valence-electron chi connectivity index (χ0n) is 12.7. The van der Waals surface area contributed by atoms with E-state index >= 15 is 0 Å². The number of hydrogen-bond donors (Lipinski definition) is 2. The van der Waals surface area contributed by atoms with E-state index in [0.717, 1.165) is 31.4 Å². The average molecular weight is 310 g/mol. The SMILES string of the molecule is CNC(=O)C1CCCCN1C(c1ccccc1Cl)C(C)N. The molecule has 0 spiro atoms. The number of nitrogens with zero attached hydrogens (tertiary/aromatic N) is 1. The van der Waals surface area contributed by atoms with Gasteiger partial charge in [-0.15, -0.1) is 0 Å². The van der Waals surface area contributed by atoms with E-state index in [0.29, 0.717) is 5.02 Å². The summed E-state index contributed by atoms with van der Waals surface area (Å²) in [4.78, 5) is 14.4. The van der Waals surface area contributed by atoms with Gasteiger partial charge in [0.2, 0.25) is 5.91 Å². The largest absolute Gasteiger partial charge is 0.358 e. The zero-order valence-corrected chi connectivity index (χ0v) is 13.4. The second-order valence-electron chi connectivity index (χ2n) is 5.69. The molecule has 116 valence electrons. The fraction of sp³-hybridized carbons (Fsp3) is 0.562. The first kappa shape index (κ1) is 16.3. The molecule has 3 atom stereocenters. The minimum Gasteiger partial charge on any atom is -0.358 e. The van der Waals surface area contributed by atoms with Gasteiger partial charge in [-0.25, -0.2) is 0 Å². The third-order valence-electron chi connectivity index (χ3n) is 4.17. The summed E-state index contributed by atoms with van der Waals surface area (Å²) >= 11 is 6.36. The summed E-state index contributed by atoms with van der Waals surface area (Å²) in [7, 11) is 1.69. The smallest absolute Gasteiger partial charge is 0.237 e. The monoisotopic (exact) mass is 309 g/mol. The molecule has 0 radical (unpaired) electrons. The minimum atomic E-state index is -0.129. The summed E-state index contributed by atoms with van der Waals surface area (Å²) < 4.78 is 0. The van der Waals surface area contributed by atoms with Gasteiger partial charge >= 0.3 is 0 Å². The van der Waals surface area contributed by atoms with Gasteiger partial charge in [-0.3, -0.25) is 9.69 Å². The third-order valence-corrected chi connectivity index (χ3v) is 4.52. The molecule has 1 aliphatic rings. The highest BCUT2D eigenvalue weighted by Gasteiger charge is 2.36. The molecule has 0 aliphatic carbocycles. The molecule has 1 saturated heterocycles. The first-order chi connectivity index (χ1) is 10.1. The molecule has 1 heterocycles. The minimum absolute atomic E-state index is 0.0405. The lowest BCUT2D eigenvalue weighted by atomic mass is 9.92. The van der Waals surface area contributed by atoms with Gasteiger partial charge in [0, 0.05) is 18.1 Å². The predicted molar refractivity (Wildman–Crippen MR) is 86.3 cm³/mol. The molecule has 21 heavy (non-hydrogen) atoms. The maximum absolute atomic E-state index is 12.2. The van der Waals surface area contributed by atoms with E-state index in [1.165, 1.54) is 0 Å². The number of hydrogen-bond acceptors (Lipinski definition) is 3. The van der Waals surface area contributed by atoms with E-state index in [9.17, 15) is 4.79 Å². The molecule has 4 nitrogen and oxygen atoms in total. The van der Waals surface area contributed by atoms with Gasteiger partial charge in [-0.1, -0.05) is 36.2 Å². The van der Waals surface area contributed by atoms with Crippen LogP contribution in [0.2, 0.25) is 5.02 Å². The topological polar surface area (TPSA) is 58.4 Å². The summed E-state index contributed by atoms with van der Waals surface area (Å²) in [5.41, 5.74) is 7.24. The Hall–Kier alpha value is -1.10. The van der Waals surface area contributed by atoms with E-state index in [-0.39, 0.29) is 24.0 Å². The molecule has 1 fully saturated rings. The molecule has 0 aromatic heterocycles. The highest BCUT2D eigenvalue weighted by Crippen LogP contribution is 2.34. The normalized spacial score (nSPS) is 22.6. The maximum Gasteiger partial charge on any atom is 0.237 e. The van der Waals surface area contributed by atoms with Crippen molar-refractivity contribution in [1.29, 1.82) is 0 Å². The molecular formula is C16H24ClN3O. The van der Waals surface area contributed by atoms with Crippen LogP contribution in [0, 0.1) is 0 Å². The number of carbonyl (C=O) groups excluding carboxylic acids is 1. The van der Waals surface area contributed by atoms with Gasteiger partial charge < -0.3 is 11.1 Å². The Morgan fingerprint density at radius 2 is 2.14 bits per heavy atom. The Kier molecular flexibility index (Phi) is 5.62. The summed E-state index contributed by atoms with van der Waals surface area (Å²) in [6, 6.07) is 7.50. The average Bonchev–Trinajstić information content (AvgIpc) is 2.49. The quantitative estimate of drug-likeness (QED) is 0.897. The second-order valence-corrected chi connectivity index (χ2v) is 6.10. The van der Waals surface area contributed by atoms with Gasteiger partial charge in [-0.05, 0) is 37.9 Å². The Labute approximate surface area is 131 Å². The van der Waals surface area contributed by atoms with Crippen LogP contribution in [0.15, 0.2) is 24.3 Å². The number of likely N-dealkylation sites (tertiary alicyclic amines) is 1. The van der Waals surface area contributed by atoms with Crippen molar-refractivity contribution in [1.82, 2.24) is 10.2 Å². The highest BCUT2D eigenvalue weighted by molar-refractivity contribution is 6.31. The lowest BCUT2D eigenvalue weighted by molar-refractivity contribution is -0.128. The molecule has 2 rings (SSSR count). The molecule has 0 bridgehead atoms. The van der Waals surface area contributed by atoms with E-state index in [2.05, 4.69) is 10.2 Å². The number of benzene rings is 1. The van der Waals surface area contributed by atoms with Gasteiger partial charge in [0.25, 0.3) is 0 Å². The van der Waals surface area contributed by atoms with Crippen molar-refractivity contribution in [2.75, 3.05) is 13.6 Å². The Morgan fingerprint density at radius 1 is 1.43 bits per heavy atom. The van der Waals surface area contributed by atoms with Crippen LogP contribution in [0.1, 0.15) is 37.8 Å². The van der Waals surface area contributed by atoms with Crippen molar-refractivity contribution in [3.63, 3.8) is 0 Å². The fourth-order valence-corrected chi connectivity index (χ4v) is 3.46. The number of halogens is 1. The van der Waals surface area contributed by atoms with Crippen molar-refractivity contribution in [3.8, 4) is 0 Å². The molecule has 1 amide bonds. The number of nitrogens with two attached hydrogens (primary N) is 1. The molecule has 3 N–H and O–H groups in total. The van der Waals surface area contributed by atoms with Crippen molar-refractivity contribution >= 4 is 17.5 Å². The van der Waals surface area contributed by atoms with Crippen LogP contribution in [0.25, 0.3) is 0 Å². The summed E-state index contributed by atoms with van der Waals surface area (Å²) in [5, 5.41) is 3.48. The number of amides is 1. The van der Waals surface area contributed by atoms with Gasteiger partial charge in [0.05, 0.1) is 12.1 Å². The molecular weight excluding hydrogens is 286 g/mol. The molecule has 3 unspecified atom stereocenters. The van der Waals surface area contributed by atoms with Gasteiger partial charge in [0.1, 0.15) is 0 Å². The highest BCUT2D eigenvalue weighted by atomic mass is 35.5. The number of likely N-dealkylation sites (N-methyl/N-ethyl adjacent to an activating group) is 1. The van der Waals surface area contributed by atoms with Crippen LogP contribution in [0.4, 0.5) is 0 Å². The molecule has 5 heteroatoms. The first-order valence-electron chi connectivity index (χ1n) is 7.53. The second kappa shape index (κ2) is 7.25. The van der Waals surface area contributed by atoms with Crippen LogP contribution >= 0.6 is 11.6 Å². The zero-order chi connectivity index (χ0) is 15.4. The fourth-order valence-electron chi connectivity index (χ4n) is 3.21. The van der Waals surface area contributed by atoms with E-state index in [1.54, 1.807) is 7.05 Å². The van der Waals surface area contributed by atoms with Crippen molar-refractivity contribution in [2.24, 2.45) is 5.73 Å². The van der Waals surface area contributed by atoms with Crippen LogP contribution in [-0.2, 0) is 4.79 Å². The summed E-state index contributed by atoms with van der Waals surface area (Å²) in [5.74, 6) is 0.0624. The predicted octanol–water partition coefficient (Wildman–Crippen LogP) is 2.33. The lowest BCUT2D eigenvalue weighted by Gasteiger charge is -2.42. The Morgan fingerprint density at radius 3 is 2.76 bits per heavy atom. The van der Waals surface area contributed by atoms with Crippen molar-refractivity contribution < 1.29 is 4.79 Å². The summed E-state index contributed by atoms with van der Waals surface area (Å²) in [6.45, 7) is 2.85. The van der Waals surface area contributed by atoms with E-state index in [4.69, 9.17) is 17.3 Å². The summed E-state index contributed by atoms with van der Waals surface area (Å²) in [6.07, 6.45) is 3.03. The van der Waals surface area contributed by atoms with Crippen molar-refractivity contribution in [2.45, 2.75) is 44.3 Å². The molecule has 1 aliphatic heterocycles. The molecule has 0 saturated carbocycles. The number of rotatable bonds is 4.